The fraction of sp³-hybridized carbons (Fsp3) is 0.579. The van der Waals surface area contributed by atoms with E-state index in [1.165, 1.54) is 38.5 Å². The maximum Gasteiger partial charge on any atom is 0.0971 e. The highest BCUT2D eigenvalue weighted by molar-refractivity contribution is 5.28. The second-order valence-corrected chi connectivity index (χ2v) is 7.36. The lowest BCUT2D eigenvalue weighted by Gasteiger charge is -2.53. The van der Waals surface area contributed by atoms with Crippen molar-refractivity contribution in [3.63, 3.8) is 0 Å². The van der Waals surface area contributed by atoms with Gasteiger partial charge in [0.15, 0.2) is 0 Å². The van der Waals surface area contributed by atoms with Crippen LogP contribution in [-0.2, 0) is 6.54 Å². The minimum atomic E-state index is 0.357. The Kier molecular flexibility index (Phi) is 4.37. The second kappa shape index (κ2) is 6.65. The van der Waals surface area contributed by atoms with E-state index in [0.717, 1.165) is 31.0 Å². The minimum absolute atomic E-state index is 0.357. The molecule has 2 aliphatic rings. The molecule has 0 amide bonds. The van der Waals surface area contributed by atoms with Crippen LogP contribution in [0.1, 0.15) is 44.2 Å². The quantitative estimate of drug-likeness (QED) is 0.918. The van der Waals surface area contributed by atoms with Crippen molar-refractivity contribution in [1.82, 2.24) is 19.9 Å². The Morgan fingerprint density at radius 2 is 1.96 bits per heavy atom. The topological polar surface area (TPSA) is 60.0 Å². The molecular weight excluding hydrogens is 298 g/mol. The molecule has 2 aromatic rings. The predicted octanol–water partition coefficient (Wildman–Crippen LogP) is 2.75. The van der Waals surface area contributed by atoms with Crippen molar-refractivity contribution in [2.75, 3.05) is 13.1 Å². The summed E-state index contributed by atoms with van der Waals surface area (Å²) in [6.07, 6.45) is 9.73. The van der Waals surface area contributed by atoms with Gasteiger partial charge in [-0.1, -0.05) is 31.0 Å². The van der Waals surface area contributed by atoms with E-state index < -0.39 is 0 Å². The number of hydrogen-bond donors (Lipinski definition) is 1. The molecule has 1 saturated heterocycles. The van der Waals surface area contributed by atoms with E-state index in [1.807, 2.05) is 36.5 Å². The zero-order chi connectivity index (χ0) is 16.4. The number of aromatic nitrogens is 3. The molecule has 2 heterocycles. The molecular formula is C19H27N5. The molecule has 5 heteroatoms. The number of likely N-dealkylation sites (tertiary alicyclic amines) is 1. The van der Waals surface area contributed by atoms with Crippen molar-refractivity contribution in [2.24, 2.45) is 11.1 Å². The molecule has 2 fully saturated rings. The van der Waals surface area contributed by atoms with Gasteiger partial charge in [-0.3, -0.25) is 4.90 Å². The van der Waals surface area contributed by atoms with Gasteiger partial charge >= 0.3 is 0 Å². The summed E-state index contributed by atoms with van der Waals surface area (Å²) >= 11 is 0. The summed E-state index contributed by atoms with van der Waals surface area (Å²) in [7, 11) is 0. The molecule has 1 unspecified atom stereocenters. The lowest BCUT2D eigenvalue weighted by molar-refractivity contribution is -0.0211. The Bertz CT molecular complexity index is 656. The summed E-state index contributed by atoms with van der Waals surface area (Å²) in [5.74, 6) is 0. The smallest absolute Gasteiger partial charge is 0.0971 e. The average molecular weight is 325 g/mol. The van der Waals surface area contributed by atoms with Gasteiger partial charge < -0.3 is 5.73 Å². The molecule has 1 aliphatic carbocycles. The highest BCUT2D eigenvalue weighted by Crippen LogP contribution is 2.47. The van der Waals surface area contributed by atoms with Gasteiger partial charge in [0.05, 0.1) is 17.6 Å². The van der Waals surface area contributed by atoms with Crippen LogP contribution in [0.15, 0.2) is 36.5 Å². The van der Waals surface area contributed by atoms with Crippen molar-refractivity contribution < 1.29 is 0 Å². The molecule has 0 spiro atoms. The second-order valence-electron chi connectivity index (χ2n) is 7.36. The first kappa shape index (κ1) is 15.8. The summed E-state index contributed by atoms with van der Waals surface area (Å²) in [4.78, 5) is 4.35. The summed E-state index contributed by atoms with van der Waals surface area (Å²) < 4.78 is 0. The van der Waals surface area contributed by atoms with E-state index in [4.69, 9.17) is 10.8 Å². The number of para-hydroxylation sites is 1. The van der Waals surface area contributed by atoms with Gasteiger partial charge in [-0.2, -0.15) is 15.0 Å². The molecule has 1 aliphatic heterocycles. The number of benzene rings is 1. The molecule has 1 saturated carbocycles. The largest absolute Gasteiger partial charge is 0.330 e. The number of nitrogens with two attached hydrogens (primary N) is 1. The third kappa shape index (κ3) is 2.87. The van der Waals surface area contributed by atoms with E-state index in [1.54, 1.807) is 4.80 Å². The van der Waals surface area contributed by atoms with Crippen LogP contribution in [0.3, 0.4) is 0 Å². The molecule has 1 aromatic carbocycles. The molecule has 128 valence electrons. The fourth-order valence-corrected chi connectivity index (χ4v) is 4.44. The van der Waals surface area contributed by atoms with Gasteiger partial charge in [-0.05, 0) is 56.3 Å². The SMILES string of the molecule is NCC1(C2CCCCN2Cc2cnn(-c3ccccc3)n2)CCC1. The molecule has 0 bridgehead atoms. The molecule has 24 heavy (non-hydrogen) atoms. The van der Waals surface area contributed by atoms with E-state index in [-0.39, 0.29) is 0 Å². The van der Waals surface area contributed by atoms with Gasteiger partial charge in [0.25, 0.3) is 0 Å². The van der Waals surface area contributed by atoms with Crippen LogP contribution in [0.5, 0.6) is 0 Å². The van der Waals surface area contributed by atoms with Crippen molar-refractivity contribution >= 4 is 0 Å². The predicted molar refractivity (Wildman–Crippen MR) is 94.7 cm³/mol. The number of rotatable bonds is 5. The Morgan fingerprint density at radius 3 is 2.67 bits per heavy atom. The minimum Gasteiger partial charge on any atom is -0.330 e. The Labute approximate surface area is 143 Å². The lowest BCUT2D eigenvalue weighted by Crippen LogP contribution is -2.56. The van der Waals surface area contributed by atoms with Crippen LogP contribution in [0.2, 0.25) is 0 Å². The Hall–Kier alpha value is -1.72. The third-order valence-electron chi connectivity index (χ3n) is 5.97. The van der Waals surface area contributed by atoms with E-state index in [2.05, 4.69) is 10.00 Å². The standard InChI is InChI=1S/C19H27N5/c20-15-19(10-6-11-19)18-9-4-5-12-23(18)14-16-13-21-24(22-16)17-7-2-1-3-8-17/h1-3,7-8,13,18H,4-6,9-12,14-15,20H2. The number of hydrogen-bond acceptors (Lipinski definition) is 4. The van der Waals surface area contributed by atoms with Crippen LogP contribution < -0.4 is 5.73 Å². The van der Waals surface area contributed by atoms with Crippen molar-refractivity contribution in [3.8, 4) is 5.69 Å². The first-order valence-corrected chi connectivity index (χ1v) is 9.21. The average Bonchev–Trinajstić information content (AvgIpc) is 3.05. The molecule has 4 rings (SSSR count). The maximum absolute atomic E-state index is 6.18. The molecule has 1 atom stereocenters. The van der Waals surface area contributed by atoms with Crippen molar-refractivity contribution in [1.29, 1.82) is 0 Å². The zero-order valence-corrected chi connectivity index (χ0v) is 14.3. The van der Waals surface area contributed by atoms with E-state index >= 15 is 0 Å². The maximum atomic E-state index is 6.18. The first-order chi connectivity index (χ1) is 11.8. The van der Waals surface area contributed by atoms with Gasteiger partial charge in [-0.25, -0.2) is 0 Å². The normalized spacial score (nSPS) is 23.8. The van der Waals surface area contributed by atoms with Gasteiger partial charge in [0.1, 0.15) is 0 Å². The molecule has 2 N–H and O–H groups in total. The summed E-state index contributed by atoms with van der Waals surface area (Å²) in [5, 5.41) is 9.14. The lowest BCUT2D eigenvalue weighted by atomic mass is 9.62. The Balaban J connectivity index is 1.50. The summed E-state index contributed by atoms with van der Waals surface area (Å²) in [6.45, 7) is 2.87. The highest BCUT2D eigenvalue weighted by Gasteiger charge is 2.46. The highest BCUT2D eigenvalue weighted by atomic mass is 15.5. The van der Waals surface area contributed by atoms with Gasteiger partial charge in [-0.15, -0.1) is 0 Å². The Morgan fingerprint density at radius 1 is 1.12 bits per heavy atom. The molecule has 5 nitrogen and oxygen atoms in total. The number of nitrogens with zero attached hydrogens (tertiary/aromatic N) is 4. The third-order valence-corrected chi connectivity index (χ3v) is 5.97. The van der Waals surface area contributed by atoms with E-state index in [9.17, 15) is 0 Å². The van der Waals surface area contributed by atoms with Crippen LogP contribution >= 0.6 is 0 Å². The zero-order valence-electron chi connectivity index (χ0n) is 14.3. The first-order valence-electron chi connectivity index (χ1n) is 9.21. The molecule has 0 radical (unpaired) electrons. The van der Waals surface area contributed by atoms with Crippen LogP contribution in [0.4, 0.5) is 0 Å². The van der Waals surface area contributed by atoms with Crippen LogP contribution in [0, 0.1) is 5.41 Å². The number of piperidine rings is 1. The van der Waals surface area contributed by atoms with E-state index in [0.29, 0.717) is 11.5 Å². The van der Waals surface area contributed by atoms with Crippen molar-refractivity contribution in [2.45, 2.75) is 51.1 Å². The summed E-state index contributed by atoms with van der Waals surface area (Å²) in [5.41, 5.74) is 8.60. The fourth-order valence-electron chi connectivity index (χ4n) is 4.44. The van der Waals surface area contributed by atoms with Crippen LogP contribution in [0.25, 0.3) is 5.69 Å². The molecule has 1 aromatic heterocycles. The van der Waals surface area contributed by atoms with Crippen molar-refractivity contribution in [3.05, 3.63) is 42.2 Å². The van der Waals surface area contributed by atoms with Gasteiger partial charge in [0, 0.05) is 12.6 Å². The van der Waals surface area contributed by atoms with Gasteiger partial charge in [0.2, 0.25) is 0 Å². The van der Waals surface area contributed by atoms with Crippen LogP contribution in [-0.4, -0.2) is 39.0 Å². The monoisotopic (exact) mass is 325 g/mol. The summed E-state index contributed by atoms with van der Waals surface area (Å²) in [6, 6.07) is 10.7.